The lowest BCUT2D eigenvalue weighted by Crippen LogP contribution is -2.04. The second-order valence-corrected chi connectivity index (χ2v) is 2.27. The molecule has 61 valence electrons. The lowest BCUT2D eigenvalue weighted by molar-refractivity contribution is 0.130. The Morgan fingerprint density at radius 3 is 3.00 bits per heavy atom. The average Bonchev–Trinajstić information content (AvgIpc) is 2.50. The van der Waals surface area contributed by atoms with E-state index in [0.29, 0.717) is 0 Å². The van der Waals surface area contributed by atoms with E-state index in [2.05, 4.69) is 11.9 Å². The number of hydrogen-bond donors (Lipinski definition) is 0. The van der Waals surface area contributed by atoms with Crippen LogP contribution in [0.4, 0.5) is 0 Å². The monoisotopic (exact) mass is 153 g/mol. The molecule has 0 fully saturated rings. The van der Waals surface area contributed by atoms with Gasteiger partial charge >= 0.3 is 0 Å². The molecule has 0 saturated heterocycles. The molecule has 1 rings (SSSR count). The first kappa shape index (κ1) is 8.27. The maximum absolute atomic E-state index is 5.24. The normalized spacial score (nSPS) is 10.3. The minimum atomic E-state index is 0.742. The van der Waals surface area contributed by atoms with Crippen LogP contribution in [0.5, 0.6) is 0 Å². The van der Waals surface area contributed by atoms with Crippen LogP contribution in [0.1, 0.15) is 6.42 Å². The molecule has 1 aromatic rings. The molecule has 0 N–H and O–H groups in total. The molecule has 0 spiro atoms. The minimum Gasteiger partial charge on any atom is -0.380 e. The van der Waals surface area contributed by atoms with Gasteiger partial charge in [-0.25, -0.2) is 4.98 Å². The van der Waals surface area contributed by atoms with Gasteiger partial charge in [-0.15, -0.1) is 0 Å². The van der Waals surface area contributed by atoms with E-state index >= 15 is 0 Å². The fourth-order valence-electron chi connectivity index (χ4n) is 0.793. The Labute approximate surface area is 67.0 Å². The summed E-state index contributed by atoms with van der Waals surface area (Å²) in [6, 6.07) is 0. The number of aromatic nitrogens is 2. The van der Waals surface area contributed by atoms with Crippen molar-refractivity contribution in [1.29, 1.82) is 0 Å². The average molecular weight is 153 g/mol. The molecular weight excluding hydrogens is 140 g/mol. The van der Waals surface area contributed by atoms with E-state index in [1.54, 1.807) is 12.5 Å². The van der Waals surface area contributed by atoms with Gasteiger partial charge in [0.15, 0.2) is 0 Å². The Morgan fingerprint density at radius 2 is 2.36 bits per heavy atom. The molecule has 0 amide bonds. The fourth-order valence-corrected chi connectivity index (χ4v) is 0.793. The third kappa shape index (κ3) is 3.18. The SMILES string of the molecule is [CH2]CCOCCn1ccnc1. The molecule has 1 heterocycles. The largest absolute Gasteiger partial charge is 0.380 e. The van der Waals surface area contributed by atoms with Gasteiger partial charge in [0.05, 0.1) is 12.9 Å². The molecule has 0 aliphatic heterocycles. The molecule has 3 heteroatoms. The van der Waals surface area contributed by atoms with E-state index in [1.165, 1.54) is 0 Å². The molecule has 0 aromatic carbocycles. The summed E-state index contributed by atoms with van der Waals surface area (Å²) in [5, 5.41) is 0. The van der Waals surface area contributed by atoms with E-state index in [4.69, 9.17) is 4.74 Å². The van der Waals surface area contributed by atoms with Crippen LogP contribution in [0.25, 0.3) is 0 Å². The lowest BCUT2D eigenvalue weighted by Gasteiger charge is -2.02. The van der Waals surface area contributed by atoms with Crippen molar-refractivity contribution in [3.8, 4) is 0 Å². The van der Waals surface area contributed by atoms with Gasteiger partial charge in [0.2, 0.25) is 0 Å². The molecule has 0 aliphatic carbocycles. The number of hydrogen-bond acceptors (Lipinski definition) is 2. The number of ether oxygens (including phenoxy) is 1. The third-order valence-electron chi connectivity index (χ3n) is 1.34. The smallest absolute Gasteiger partial charge is 0.0946 e. The third-order valence-corrected chi connectivity index (χ3v) is 1.34. The maximum atomic E-state index is 5.24. The number of imidazole rings is 1. The minimum absolute atomic E-state index is 0.742. The first-order chi connectivity index (χ1) is 5.43. The highest BCUT2D eigenvalue weighted by atomic mass is 16.5. The Kier molecular flexibility index (Phi) is 3.69. The zero-order chi connectivity index (χ0) is 7.94. The van der Waals surface area contributed by atoms with E-state index in [0.717, 1.165) is 26.2 Å². The van der Waals surface area contributed by atoms with Crippen molar-refractivity contribution in [1.82, 2.24) is 9.55 Å². The highest BCUT2D eigenvalue weighted by Gasteiger charge is 1.88. The first-order valence-corrected chi connectivity index (χ1v) is 3.76. The van der Waals surface area contributed by atoms with Crippen LogP contribution < -0.4 is 0 Å². The van der Waals surface area contributed by atoms with Gasteiger partial charge in [-0.3, -0.25) is 0 Å². The molecule has 1 aromatic heterocycles. The van der Waals surface area contributed by atoms with E-state index in [9.17, 15) is 0 Å². The zero-order valence-corrected chi connectivity index (χ0v) is 6.57. The number of nitrogens with zero attached hydrogens (tertiary/aromatic N) is 2. The van der Waals surface area contributed by atoms with Crippen molar-refractivity contribution in [3.05, 3.63) is 25.6 Å². The summed E-state index contributed by atoms with van der Waals surface area (Å²) in [6.07, 6.45) is 6.31. The molecule has 3 nitrogen and oxygen atoms in total. The van der Waals surface area contributed by atoms with Gasteiger partial charge in [-0.05, 0) is 6.42 Å². The molecule has 0 bridgehead atoms. The van der Waals surface area contributed by atoms with Crippen LogP contribution in [0.3, 0.4) is 0 Å². The van der Waals surface area contributed by atoms with Crippen molar-refractivity contribution in [2.24, 2.45) is 0 Å². The fraction of sp³-hybridized carbons (Fsp3) is 0.500. The lowest BCUT2D eigenvalue weighted by atomic mass is 10.5. The van der Waals surface area contributed by atoms with Crippen molar-refractivity contribution in [2.75, 3.05) is 13.2 Å². The van der Waals surface area contributed by atoms with E-state index < -0.39 is 0 Å². The molecule has 1 radical (unpaired) electrons. The topological polar surface area (TPSA) is 27.1 Å². The number of rotatable bonds is 5. The summed E-state index contributed by atoms with van der Waals surface area (Å²) in [6.45, 7) is 6.04. The predicted molar refractivity (Wildman–Crippen MR) is 43.0 cm³/mol. The van der Waals surface area contributed by atoms with Crippen LogP contribution in [0.15, 0.2) is 18.7 Å². The van der Waals surface area contributed by atoms with Crippen LogP contribution in [0.2, 0.25) is 0 Å². The highest BCUT2D eigenvalue weighted by Crippen LogP contribution is 1.87. The van der Waals surface area contributed by atoms with Gasteiger partial charge < -0.3 is 9.30 Å². The van der Waals surface area contributed by atoms with E-state index in [1.807, 2.05) is 10.8 Å². The summed E-state index contributed by atoms with van der Waals surface area (Å²) in [4.78, 5) is 3.92. The van der Waals surface area contributed by atoms with Gasteiger partial charge in [-0.1, -0.05) is 6.92 Å². The quantitative estimate of drug-likeness (QED) is 0.593. The Balaban J connectivity index is 2.04. The van der Waals surface area contributed by atoms with E-state index in [-0.39, 0.29) is 0 Å². The second kappa shape index (κ2) is 4.91. The Bertz CT molecular complexity index is 172. The van der Waals surface area contributed by atoms with Gasteiger partial charge in [0.25, 0.3) is 0 Å². The zero-order valence-electron chi connectivity index (χ0n) is 6.57. The van der Waals surface area contributed by atoms with Crippen molar-refractivity contribution >= 4 is 0 Å². The van der Waals surface area contributed by atoms with Crippen LogP contribution >= 0.6 is 0 Å². The van der Waals surface area contributed by atoms with Crippen LogP contribution in [-0.2, 0) is 11.3 Å². The summed E-state index contributed by atoms with van der Waals surface area (Å²) in [5.74, 6) is 0. The molecular formula is C8H13N2O. The van der Waals surface area contributed by atoms with Crippen molar-refractivity contribution < 1.29 is 4.74 Å². The Morgan fingerprint density at radius 1 is 1.45 bits per heavy atom. The predicted octanol–water partition coefficient (Wildman–Crippen LogP) is 1.12. The molecule has 0 aliphatic rings. The summed E-state index contributed by atoms with van der Waals surface area (Å²) in [5.41, 5.74) is 0. The summed E-state index contributed by atoms with van der Waals surface area (Å²) in [7, 11) is 0. The Hall–Kier alpha value is -0.830. The van der Waals surface area contributed by atoms with Gasteiger partial charge in [0.1, 0.15) is 0 Å². The second-order valence-electron chi connectivity index (χ2n) is 2.27. The van der Waals surface area contributed by atoms with Crippen LogP contribution in [0, 0.1) is 6.92 Å². The maximum Gasteiger partial charge on any atom is 0.0946 e. The van der Waals surface area contributed by atoms with Crippen molar-refractivity contribution in [2.45, 2.75) is 13.0 Å². The standard InChI is InChI=1S/C8H13N2O/c1-2-6-11-7-5-10-4-3-9-8-10/h3-4,8H,1-2,5-7H2. The van der Waals surface area contributed by atoms with Crippen LogP contribution in [-0.4, -0.2) is 22.8 Å². The summed E-state index contributed by atoms with van der Waals surface area (Å²) >= 11 is 0. The van der Waals surface area contributed by atoms with Crippen molar-refractivity contribution in [3.63, 3.8) is 0 Å². The molecule has 0 saturated carbocycles. The van der Waals surface area contributed by atoms with Gasteiger partial charge in [0, 0.05) is 25.5 Å². The molecule has 0 atom stereocenters. The summed E-state index contributed by atoms with van der Waals surface area (Å²) < 4.78 is 7.23. The van der Waals surface area contributed by atoms with Gasteiger partial charge in [-0.2, -0.15) is 0 Å². The highest BCUT2D eigenvalue weighted by molar-refractivity contribution is 4.73. The molecule has 0 unspecified atom stereocenters. The first-order valence-electron chi connectivity index (χ1n) is 3.76. The molecule has 11 heavy (non-hydrogen) atoms.